The predicted octanol–water partition coefficient (Wildman–Crippen LogP) is 3.90. The first kappa shape index (κ1) is 16.6. The molecule has 21 heavy (non-hydrogen) atoms. The molecule has 2 rings (SSSR count). The monoisotopic (exact) mass is 310 g/mol. The maximum atomic E-state index is 14.3. The Balaban J connectivity index is 2.20. The lowest BCUT2D eigenvalue weighted by Crippen LogP contribution is -2.45. The minimum absolute atomic E-state index is 0.0955. The Morgan fingerprint density at radius 3 is 2.86 bits per heavy atom. The van der Waals surface area contributed by atoms with Gasteiger partial charge in [-0.3, -0.25) is 0 Å². The van der Waals surface area contributed by atoms with E-state index in [-0.39, 0.29) is 5.82 Å². The first-order valence-corrected chi connectivity index (χ1v) is 8.92. The zero-order valence-corrected chi connectivity index (χ0v) is 14.3. The van der Waals surface area contributed by atoms with Crippen molar-refractivity contribution in [2.75, 3.05) is 23.7 Å². The lowest BCUT2D eigenvalue weighted by Gasteiger charge is -2.40. The van der Waals surface area contributed by atoms with Crippen molar-refractivity contribution in [3.05, 3.63) is 29.6 Å². The molecule has 1 saturated heterocycles. The summed E-state index contributed by atoms with van der Waals surface area (Å²) in [6, 6.07) is 5.90. The van der Waals surface area contributed by atoms with E-state index in [1.807, 2.05) is 17.8 Å². The third-order valence-corrected chi connectivity index (χ3v) is 5.48. The molecule has 0 spiro atoms. The lowest BCUT2D eigenvalue weighted by atomic mass is 10.1. The van der Waals surface area contributed by atoms with E-state index < -0.39 is 0 Å². The van der Waals surface area contributed by atoms with Crippen molar-refractivity contribution >= 4 is 17.4 Å². The van der Waals surface area contributed by atoms with E-state index in [4.69, 9.17) is 0 Å². The molecule has 0 aliphatic carbocycles. The quantitative estimate of drug-likeness (QED) is 0.888. The van der Waals surface area contributed by atoms with Crippen LogP contribution in [0.1, 0.15) is 33.3 Å². The molecule has 2 nitrogen and oxygen atoms in total. The molecule has 1 N–H and O–H groups in total. The Hall–Kier alpha value is -0.740. The molecule has 1 aromatic rings. The number of halogens is 1. The molecule has 0 bridgehead atoms. The maximum Gasteiger partial charge on any atom is 0.129 e. The van der Waals surface area contributed by atoms with Gasteiger partial charge in [0.25, 0.3) is 0 Å². The van der Waals surface area contributed by atoms with E-state index in [9.17, 15) is 4.39 Å². The minimum Gasteiger partial charge on any atom is -0.367 e. The smallest absolute Gasteiger partial charge is 0.129 e. The van der Waals surface area contributed by atoms with Gasteiger partial charge < -0.3 is 10.2 Å². The van der Waals surface area contributed by atoms with Crippen molar-refractivity contribution in [1.82, 2.24) is 5.32 Å². The number of anilines is 1. The van der Waals surface area contributed by atoms with Crippen molar-refractivity contribution in [3.8, 4) is 0 Å². The zero-order valence-electron chi connectivity index (χ0n) is 13.5. The Morgan fingerprint density at radius 1 is 1.38 bits per heavy atom. The number of hydrogen-bond acceptors (Lipinski definition) is 3. The van der Waals surface area contributed by atoms with E-state index in [1.54, 1.807) is 6.07 Å². The second kappa shape index (κ2) is 7.50. The van der Waals surface area contributed by atoms with Crippen LogP contribution in [-0.4, -0.2) is 30.1 Å². The highest BCUT2D eigenvalue weighted by atomic mass is 32.2. The third kappa shape index (κ3) is 4.13. The van der Waals surface area contributed by atoms with Crippen LogP contribution in [0.3, 0.4) is 0 Å². The van der Waals surface area contributed by atoms with E-state index in [1.165, 1.54) is 0 Å². The number of hydrogen-bond donors (Lipinski definition) is 1. The SMILES string of the molecule is CC(C)CNCc1c(F)cccc1N1CCSC(C)C1C. The van der Waals surface area contributed by atoms with Crippen molar-refractivity contribution in [2.24, 2.45) is 5.92 Å². The highest BCUT2D eigenvalue weighted by molar-refractivity contribution is 8.00. The van der Waals surface area contributed by atoms with Crippen molar-refractivity contribution in [1.29, 1.82) is 0 Å². The third-order valence-electron chi connectivity index (χ3n) is 4.14. The lowest BCUT2D eigenvalue weighted by molar-refractivity contribution is 0.531. The largest absolute Gasteiger partial charge is 0.367 e. The summed E-state index contributed by atoms with van der Waals surface area (Å²) in [4.78, 5) is 2.37. The molecule has 118 valence electrons. The van der Waals surface area contributed by atoms with Crippen LogP contribution < -0.4 is 10.2 Å². The summed E-state index contributed by atoms with van der Waals surface area (Å²) in [6.45, 7) is 11.4. The van der Waals surface area contributed by atoms with Gasteiger partial charge in [-0.1, -0.05) is 26.8 Å². The van der Waals surface area contributed by atoms with Gasteiger partial charge in [0, 0.05) is 41.4 Å². The van der Waals surface area contributed by atoms with Crippen molar-refractivity contribution in [2.45, 2.75) is 45.5 Å². The molecule has 1 fully saturated rings. The number of nitrogens with zero attached hydrogens (tertiary/aromatic N) is 1. The topological polar surface area (TPSA) is 15.3 Å². The molecule has 0 radical (unpaired) electrons. The Kier molecular flexibility index (Phi) is 5.94. The number of benzene rings is 1. The Labute approximate surface area is 132 Å². The fourth-order valence-electron chi connectivity index (χ4n) is 2.75. The van der Waals surface area contributed by atoms with Gasteiger partial charge in [0.15, 0.2) is 0 Å². The fraction of sp³-hybridized carbons (Fsp3) is 0.647. The van der Waals surface area contributed by atoms with Gasteiger partial charge in [0.1, 0.15) is 5.82 Å². The predicted molar refractivity (Wildman–Crippen MR) is 91.7 cm³/mol. The first-order valence-electron chi connectivity index (χ1n) is 7.87. The van der Waals surface area contributed by atoms with Gasteiger partial charge in [-0.2, -0.15) is 11.8 Å². The summed E-state index contributed by atoms with van der Waals surface area (Å²) in [5.74, 6) is 1.59. The molecule has 2 unspecified atom stereocenters. The molecule has 0 amide bonds. The Bertz CT molecular complexity index is 464. The van der Waals surface area contributed by atoms with Crippen LogP contribution in [-0.2, 0) is 6.54 Å². The number of nitrogens with one attached hydrogen (secondary N) is 1. The van der Waals surface area contributed by atoms with Crippen LogP contribution in [0.25, 0.3) is 0 Å². The van der Waals surface area contributed by atoms with Crippen LogP contribution in [0.5, 0.6) is 0 Å². The number of rotatable bonds is 5. The molecule has 1 aliphatic heterocycles. The molecule has 2 atom stereocenters. The maximum absolute atomic E-state index is 14.3. The number of thioether (sulfide) groups is 1. The summed E-state index contributed by atoms with van der Waals surface area (Å²) in [5, 5.41) is 3.96. The van der Waals surface area contributed by atoms with Crippen LogP contribution >= 0.6 is 11.8 Å². The van der Waals surface area contributed by atoms with Gasteiger partial charge in [-0.05, 0) is 31.5 Å². The van der Waals surface area contributed by atoms with E-state index in [0.29, 0.717) is 23.8 Å². The summed E-state index contributed by atoms with van der Waals surface area (Å²) in [7, 11) is 0. The van der Waals surface area contributed by atoms with Gasteiger partial charge in [-0.25, -0.2) is 4.39 Å². The van der Waals surface area contributed by atoms with E-state index in [0.717, 1.165) is 30.1 Å². The Morgan fingerprint density at radius 2 is 2.14 bits per heavy atom. The molecule has 0 aromatic heterocycles. The summed E-state index contributed by atoms with van der Waals surface area (Å²) >= 11 is 2.01. The van der Waals surface area contributed by atoms with E-state index >= 15 is 0 Å². The molecule has 1 aromatic carbocycles. The van der Waals surface area contributed by atoms with Crippen molar-refractivity contribution < 1.29 is 4.39 Å². The van der Waals surface area contributed by atoms with Crippen LogP contribution in [0, 0.1) is 11.7 Å². The molecular weight excluding hydrogens is 283 g/mol. The standard InChI is InChI=1S/C17H27FN2S/c1-12(2)10-19-11-15-16(18)6-5-7-17(15)20-8-9-21-14(4)13(20)3/h5-7,12-14,19H,8-11H2,1-4H3. The summed E-state index contributed by atoms with van der Waals surface area (Å²) in [6.07, 6.45) is 0. The van der Waals surface area contributed by atoms with E-state index in [2.05, 4.69) is 44.0 Å². The van der Waals surface area contributed by atoms with Crippen molar-refractivity contribution in [3.63, 3.8) is 0 Å². The summed E-state index contributed by atoms with van der Waals surface area (Å²) < 4.78 is 14.3. The molecule has 1 heterocycles. The molecule has 1 aliphatic rings. The molecule has 0 saturated carbocycles. The van der Waals surface area contributed by atoms with Gasteiger partial charge in [-0.15, -0.1) is 0 Å². The van der Waals surface area contributed by atoms with Gasteiger partial charge in [0.05, 0.1) is 0 Å². The second-order valence-corrected chi connectivity index (χ2v) is 7.76. The highest BCUT2D eigenvalue weighted by Crippen LogP contribution is 2.32. The minimum atomic E-state index is -0.0955. The van der Waals surface area contributed by atoms with Crippen LogP contribution in [0.15, 0.2) is 18.2 Å². The second-order valence-electron chi connectivity index (χ2n) is 6.27. The average Bonchev–Trinajstić information content (AvgIpc) is 2.43. The van der Waals surface area contributed by atoms with Crippen LogP contribution in [0.2, 0.25) is 0 Å². The summed E-state index contributed by atoms with van der Waals surface area (Å²) in [5.41, 5.74) is 1.87. The fourth-order valence-corrected chi connectivity index (χ4v) is 3.85. The average molecular weight is 310 g/mol. The highest BCUT2D eigenvalue weighted by Gasteiger charge is 2.27. The molecular formula is C17H27FN2S. The zero-order chi connectivity index (χ0) is 15.4. The van der Waals surface area contributed by atoms with Gasteiger partial charge >= 0.3 is 0 Å². The van der Waals surface area contributed by atoms with Gasteiger partial charge in [0.2, 0.25) is 0 Å². The van der Waals surface area contributed by atoms with Crippen LogP contribution in [0.4, 0.5) is 10.1 Å². The normalized spacial score (nSPS) is 22.9. The molecule has 4 heteroatoms. The first-order chi connectivity index (χ1) is 10.0.